The number of amides is 1. The van der Waals surface area contributed by atoms with Gasteiger partial charge >= 0.3 is 0 Å². The highest BCUT2D eigenvalue weighted by atomic mass is 16.3. The highest BCUT2D eigenvalue weighted by Crippen LogP contribution is 2.30. The van der Waals surface area contributed by atoms with Crippen LogP contribution in [0.3, 0.4) is 0 Å². The van der Waals surface area contributed by atoms with Crippen molar-refractivity contribution in [2.45, 2.75) is 50.7 Å². The second-order valence-electron chi connectivity index (χ2n) is 5.38. The lowest BCUT2D eigenvalue weighted by molar-refractivity contribution is -0.161. The van der Waals surface area contributed by atoms with Crippen molar-refractivity contribution in [1.29, 1.82) is 0 Å². The van der Waals surface area contributed by atoms with Gasteiger partial charge in [-0.05, 0) is 32.1 Å². The number of likely N-dealkylation sites (tertiary alicyclic amines) is 1. The van der Waals surface area contributed by atoms with Gasteiger partial charge in [0.25, 0.3) is 0 Å². The number of carbonyl (C=O) groups excluding carboxylic acids is 1. The molecule has 2 aliphatic rings. The molecule has 4 nitrogen and oxygen atoms in total. The molecule has 3 N–H and O–H groups in total. The van der Waals surface area contributed by atoms with Gasteiger partial charge in [-0.25, -0.2) is 0 Å². The predicted octanol–water partition coefficient (Wildman–Crippen LogP) is 0.487. The van der Waals surface area contributed by atoms with Crippen LogP contribution in [0.5, 0.6) is 0 Å². The van der Waals surface area contributed by atoms with Crippen molar-refractivity contribution in [2.24, 2.45) is 11.7 Å². The SMILES string of the molecule is CCC1(O)CN(C(=O)C2CCC(N)CC2)C1. The molecule has 2 rings (SSSR count). The standard InChI is InChI=1S/C12H22N2O2/c1-2-12(16)7-14(8-12)11(15)9-3-5-10(13)6-4-9/h9-10,16H,2-8,13H2,1H3. The molecule has 0 bridgehead atoms. The third-order valence-corrected chi connectivity index (χ3v) is 4.06. The molecule has 1 saturated carbocycles. The fourth-order valence-electron chi connectivity index (χ4n) is 2.67. The summed E-state index contributed by atoms with van der Waals surface area (Å²) in [5.74, 6) is 0.381. The van der Waals surface area contributed by atoms with Gasteiger partial charge in [0.1, 0.15) is 0 Å². The summed E-state index contributed by atoms with van der Waals surface area (Å²) in [4.78, 5) is 13.9. The summed E-state index contributed by atoms with van der Waals surface area (Å²) in [5.41, 5.74) is 5.21. The maximum absolute atomic E-state index is 12.1. The van der Waals surface area contributed by atoms with Crippen LogP contribution in [0, 0.1) is 5.92 Å². The minimum atomic E-state index is -0.610. The summed E-state index contributed by atoms with van der Waals surface area (Å²) in [6, 6.07) is 0.285. The number of aliphatic hydroxyl groups is 1. The fourth-order valence-corrected chi connectivity index (χ4v) is 2.67. The summed E-state index contributed by atoms with van der Waals surface area (Å²) in [6.07, 6.45) is 4.49. The number of hydrogen-bond acceptors (Lipinski definition) is 3. The number of nitrogens with two attached hydrogens (primary N) is 1. The number of carbonyl (C=O) groups is 1. The molecule has 1 aliphatic carbocycles. The second-order valence-corrected chi connectivity index (χ2v) is 5.38. The van der Waals surface area contributed by atoms with E-state index in [0.29, 0.717) is 13.1 Å². The summed E-state index contributed by atoms with van der Waals surface area (Å²) in [6.45, 7) is 3.00. The molecular formula is C12H22N2O2. The maximum atomic E-state index is 12.1. The van der Waals surface area contributed by atoms with Crippen LogP contribution in [0.15, 0.2) is 0 Å². The van der Waals surface area contributed by atoms with E-state index >= 15 is 0 Å². The zero-order valence-electron chi connectivity index (χ0n) is 9.98. The first-order valence-electron chi connectivity index (χ1n) is 6.31. The Labute approximate surface area is 96.8 Å². The zero-order valence-corrected chi connectivity index (χ0v) is 9.98. The normalized spacial score (nSPS) is 33.3. The van der Waals surface area contributed by atoms with Crippen LogP contribution in [0.25, 0.3) is 0 Å². The molecular weight excluding hydrogens is 204 g/mol. The molecule has 1 amide bonds. The molecule has 92 valence electrons. The molecule has 1 aliphatic heterocycles. The van der Waals surface area contributed by atoms with Crippen molar-refractivity contribution in [3.8, 4) is 0 Å². The molecule has 0 aromatic rings. The third kappa shape index (κ3) is 2.23. The molecule has 0 aromatic carbocycles. The summed E-state index contributed by atoms with van der Waals surface area (Å²) < 4.78 is 0. The predicted molar refractivity (Wildman–Crippen MR) is 61.8 cm³/mol. The van der Waals surface area contributed by atoms with Crippen molar-refractivity contribution in [2.75, 3.05) is 13.1 Å². The van der Waals surface area contributed by atoms with Crippen molar-refractivity contribution in [3.05, 3.63) is 0 Å². The van der Waals surface area contributed by atoms with E-state index in [1.54, 1.807) is 4.90 Å². The summed E-state index contributed by atoms with van der Waals surface area (Å²) in [5, 5.41) is 9.86. The summed E-state index contributed by atoms with van der Waals surface area (Å²) >= 11 is 0. The van der Waals surface area contributed by atoms with Crippen LogP contribution in [0.4, 0.5) is 0 Å². The summed E-state index contributed by atoms with van der Waals surface area (Å²) in [7, 11) is 0. The highest BCUT2D eigenvalue weighted by molar-refractivity contribution is 5.80. The Kier molecular flexibility index (Phi) is 3.22. The molecule has 0 spiro atoms. The molecule has 4 heteroatoms. The van der Waals surface area contributed by atoms with E-state index < -0.39 is 5.60 Å². The first-order chi connectivity index (χ1) is 7.54. The van der Waals surface area contributed by atoms with Gasteiger partial charge < -0.3 is 15.7 Å². The number of nitrogens with zero attached hydrogens (tertiary/aromatic N) is 1. The number of rotatable bonds is 2. The molecule has 0 atom stereocenters. The average Bonchev–Trinajstić information content (AvgIpc) is 2.25. The topological polar surface area (TPSA) is 66.6 Å². The van der Waals surface area contributed by atoms with Gasteiger partial charge in [0.2, 0.25) is 5.91 Å². The minimum absolute atomic E-state index is 0.154. The van der Waals surface area contributed by atoms with E-state index in [1.807, 2.05) is 6.92 Å². The van der Waals surface area contributed by atoms with Crippen molar-refractivity contribution < 1.29 is 9.90 Å². The largest absolute Gasteiger partial charge is 0.386 e. The van der Waals surface area contributed by atoms with Crippen LogP contribution >= 0.6 is 0 Å². The highest BCUT2D eigenvalue weighted by Gasteiger charge is 2.43. The van der Waals surface area contributed by atoms with Gasteiger partial charge in [-0.15, -0.1) is 0 Å². The van der Waals surface area contributed by atoms with Gasteiger partial charge in [-0.2, -0.15) is 0 Å². The Morgan fingerprint density at radius 1 is 1.38 bits per heavy atom. The van der Waals surface area contributed by atoms with Crippen LogP contribution in [-0.2, 0) is 4.79 Å². The van der Waals surface area contributed by atoms with E-state index in [4.69, 9.17) is 5.73 Å². The number of β-amino-alcohol motifs (C(OH)–C–C–N with tert-alkyl or cyclic N) is 1. The lowest BCUT2D eigenvalue weighted by Crippen LogP contribution is -2.64. The average molecular weight is 226 g/mol. The molecule has 1 heterocycles. The Morgan fingerprint density at radius 3 is 2.44 bits per heavy atom. The Bertz CT molecular complexity index is 266. The smallest absolute Gasteiger partial charge is 0.225 e. The molecule has 1 saturated heterocycles. The minimum Gasteiger partial charge on any atom is -0.386 e. The molecule has 16 heavy (non-hydrogen) atoms. The Balaban J connectivity index is 1.81. The fraction of sp³-hybridized carbons (Fsp3) is 0.917. The third-order valence-electron chi connectivity index (χ3n) is 4.06. The van der Waals surface area contributed by atoms with Gasteiger partial charge in [-0.3, -0.25) is 4.79 Å². The van der Waals surface area contributed by atoms with E-state index in [2.05, 4.69) is 0 Å². The lowest BCUT2D eigenvalue weighted by Gasteiger charge is -2.47. The molecule has 0 unspecified atom stereocenters. The molecule has 0 aromatic heterocycles. The first kappa shape index (κ1) is 11.9. The Morgan fingerprint density at radius 2 is 1.94 bits per heavy atom. The second kappa shape index (κ2) is 4.34. The van der Waals surface area contributed by atoms with Crippen LogP contribution in [-0.4, -0.2) is 40.6 Å². The van der Waals surface area contributed by atoms with Gasteiger partial charge in [0.05, 0.1) is 18.7 Å². The lowest BCUT2D eigenvalue weighted by atomic mass is 9.83. The Hall–Kier alpha value is -0.610. The molecule has 2 fully saturated rings. The molecule has 0 radical (unpaired) electrons. The quantitative estimate of drug-likeness (QED) is 0.720. The van der Waals surface area contributed by atoms with Gasteiger partial charge in [0, 0.05) is 12.0 Å². The van der Waals surface area contributed by atoms with Crippen LogP contribution in [0.2, 0.25) is 0 Å². The van der Waals surface area contributed by atoms with Crippen LogP contribution < -0.4 is 5.73 Å². The van der Waals surface area contributed by atoms with Crippen molar-refractivity contribution in [1.82, 2.24) is 4.90 Å². The van der Waals surface area contributed by atoms with E-state index in [0.717, 1.165) is 32.1 Å². The van der Waals surface area contributed by atoms with Gasteiger partial charge in [-0.1, -0.05) is 6.92 Å². The number of hydrogen-bond donors (Lipinski definition) is 2. The van der Waals surface area contributed by atoms with E-state index in [1.165, 1.54) is 0 Å². The van der Waals surface area contributed by atoms with E-state index in [9.17, 15) is 9.90 Å². The van der Waals surface area contributed by atoms with Gasteiger partial charge in [0.15, 0.2) is 0 Å². The van der Waals surface area contributed by atoms with Crippen LogP contribution in [0.1, 0.15) is 39.0 Å². The van der Waals surface area contributed by atoms with E-state index in [-0.39, 0.29) is 17.9 Å². The van der Waals surface area contributed by atoms with Crippen molar-refractivity contribution in [3.63, 3.8) is 0 Å². The monoisotopic (exact) mass is 226 g/mol. The maximum Gasteiger partial charge on any atom is 0.225 e. The zero-order chi connectivity index (χ0) is 11.8. The van der Waals surface area contributed by atoms with Crippen molar-refractivity contribution >= 4 is 5.91 Å². The first-order valence-corrected chi connectivity index (χ1v) is 6.31.